The van der Waals surface area contributed by atoms with E-state index in [2.05, 4.69) is 16.0 Å². The van der Waals surface area contributed by atoms with E-state index < -0.39 is 36.3 Å². The number of aryl methyl sites for hydroxylation is 1. The second-order valence-electron chi connectivity index (χ2n) is 7.22. The average Bonchev–Trinajstić information content (AvgIpc) is 2.82. The molecule has 2 amide bonds. The zero-order chi connectivity index (χ0) is 18.1. The lowest BCUT2D eigenvalue weighted by Gasteiger charge is -2.19. The molecule has 0 radical (unpaired) electrons. The molecule has 1 heterocycles. The van der Waals surface area contributed by atoms with Crippen molar-refractivity contribution in [2.45, 2.75) is 46.1 Å². The molecule has 1 atom stereocenters. The largest absolute Gasteiger partial charge is 0.325 e. The summed E-state index contributed by atoms with van der Waals surface area (Å²) in [5, 5.41) is 7.95. The third-order valence-corrected chi connectivity index (χ3v) is 3.86. The van der Waals surface area contributed by atoms with Crippen molar-refractivity contribution >= 4 is 35.6 Å². The molecule has 1 unspecified atom stereocenters. The van der Waals surface area contributed by atoms with Crippen molar-refractivity contribution in [3.05, 3.63) is 23.8 Å². The number of amides is 2. The Balaban J connectivity index is 0.00000312. The van der Waals surface area contributed by atoms with Gasteiger partial charge in [-0.15, -0.1) is 12.4 Å². The number of alkyl halides is 2. The molecule has 8 heteroatoms. The number of halogens is 3. The summed E-state index contributed by atoms with van der Waals surface area (Å²) in [6.07, 6.45) is -0.516. The van der Waals surface area contributed by atoms with Gasteiger partial charge in [-0.3, -0.25) is 14.9 Å². The molecule has 5 nitrogen and oxygen atoms in total. The molecule has 0 spiro atoms. The Morgan fingerprint density at radius 1 is 1.24 bits per heavy atom. The van der Waals surface area contributed by atoms with Gasteiger partial charge in [-0.2, -0.15) is 0 Å². The number of nitrogens with one attached hydrogen (secondary N) is 3. The first kappa shape index (κ1) is 21.3. The minimum Gasteiger partial charge on any atom is -0.325 e. The van der Waals surface area contributed by atoms with Crippen molar-refractivity contribution in [3.63, 3.8) is 0 Å². The molecule has 0 bridgehead atoms. The summed E-state index contributed by atoms with van der Waals surface area (Å²) in [6.45, 7) is 6.74. The lowest BCUT2D eigenvalue weighted by atomic mass is 9.95. The summed E-state index contributed by atoms with van der Waals surface area (Å²) in [6, 6.07) is 4.13. The van der Waals surface area contributed by atoms with Crippen molar-refractivity contribution in [2.75, 3.05) is 17.2 Å². The molecule has 1 aromatic rings. The zero-order valence-corrected chi connectivity index (χ0v) is 15.5. The Kier molecular flexibility index (Phi) is 6.53. The fraction of sp³-hybridized carbons (Fsp3) is 0.529. The highest BCUT2D eigenvalue weighted by atomic mass is 35.5. The van der Waals surface area contributed by atoms with Crippen molar-refractivity contribution in [1.29, 1.82) is 0 Å². The first-order valence-electron chi connectivity index (χ1n) is 7.82. The Morgan fingerprint density at radius 2 is 1.88 bits per heavy atom. The quantitative estimate of drug-likeness (QED) is 0.758. The van der Waals surface area contributed by atoms with Gasteiger partial charge in [0.05, 0.1) is 12.6 Å². The number of hydrogen-bond acceptors (Lipinski definition) is 3. The number of anilines is 2. The molecule has 3 N–H and O–H groups in total. The molecule has 0 aliphatic carbocycles. The molecule has 0 saturated carbocycles. The maximum absolute atomic E-state index is 13.2. The van der Waals surface area contributed by atoms with Crippen molar-refractivity contribution in [1.82, 2.24) is 5.32 Å². The first-order chi connectivity index (χ1) is 11.0. The maximum Gasteiger partial charge on any atom is 0.262 e. The summed E-state index contributed by atoms with van der Waals surface area (Å²) >= 11 is 0. The van der Waals surface area contributed by atoms with Gasteiger partial charge in [0.15, 0.2) is 0 Å². The van der Waals surface area contributed by atoms with Gasteiger partial charge < -0.3 is 10.6 Å². The Bertz CT molecular complexity index is 660. The van der Waals surface area contributed by atoms with Crippen LogP contribution in [0.4, 0.5) is 20.2 Å². The van der Waals surface area contributed by atoms with Crippen LogP contribution in [0.5, 0.6) is 0 Å². The van der Waals surface area contributed by atoms with Crippen LogP contribution in [0.2, 0.25) is 0 Å². The van der Waals surface area contributed by atoms with E-state index in [0.29, 0.717) is 11.4 Å². The smallest absolute Gasteiger partial charge is 0.262 e. The Hall–Kier alpha value is -1.73. The summed E-state index contributed by atoms with van der Waals surface area (Å²) in [5.41, 5.74) is 1.32. The maximum atomic E-state index is 13.2. The SMILES string of the molecule is Cc1ccc(NC(=O)C2CC(F)(F)CN2)cc1NC(=O)C(C)(C)C.Cl. The molecule has 1 aliphatic heterocycles. The van der Waals surface area contributed by atoms with Crippen LogP contribution >= 0.6 is 12.4 Å². The Morgan fingerprint density at radius 3 is 2.40 bits per heavy atom. The number of hydrogen-bond donors (Lipinski definition) is 3. The summed E-state index contributed by atoms with van der Waals surface area (Å²) < 4.78 is 26.4. The van der Waals surface area contributed by atoms with Crippen LogP contribution < -0.4 is 16.0 Å². The van der Waals surface area contributed by atoms with Gasteiger partial charge in [-0.05, 0) is 24.6 Å². The van der Waals surface area contributed by atoms with Gasteiger partial charge >= 0.3 is 0 Å². The highest BCUT2D eigenvalue weighted by molar-refractivity contribution is 5.98. The third kappa shape index (κ3) is 5.64. The van der Waals surface area contributed by atoms with Crippen LogP contribution in [0, 0.1) is 12.3 Å². The fourth-order valence-corrected chi connectivity index (χ4v) is 2.27. The van der Waals surface area contributed by atoms with E-state index in [9.17, 15) is 18.4 Å². The van der Waals surface area contributed by atoms with Crippen molar-refractivity contribution < 1.29 is 18.4 Å². The molecular formula is C17H24ClF2N3O2. The Labute approximate surface area is 152 Å². The first-order valence-corrected chi connectivity index (χ1v) is 7.82. The summed E-state index contributed by atoms with van der Waals surface area (Å²) in [4.78, 5) is 24.2. The molecule has 1 saturated heterocycles. The monoisotopic (exact) mass is 375 g/mol. The number of carbonyl (C=O) groups excluding carboxylic acids is 2. The molecule has 1 aromatic carbocycles. The van der Waals surface area contributed by atoms with Gasteiger partial charge in [0.25, 0.3) is 5.92 Å². The molecule has 1 aliphatic rings. The zero-order valence-electron chi connectivity index (χ0n) is 14.7. The van der Waals surface area contributed by atoms with Gasteiger partial charge in [0.2, 0.25) is 11.8 Å². The predicted octanol–water partition coefficient (Wildman–Crippen LogP) is 3.34. The van der Waals surface area contributed by atoms with E-state index in [0.717, 1.165) is 5.56 Å². The van der Waals surface area contributed by atoms with Crippen LogP contribution in [0.25, 0.3) is 0 Å². The lowest BCUT2D eigenvalue weighted by molar-refractivity contribution is -0.123. The van der Waals surface area contributed by atoms with Gasteiger partial charge in [0.1, 0.15) is 0 Å². The fourth-order valence-electron chi connectivity index (χ4n) is 2.27. The minimum atomic E-state index is -2.86. The van der Waals surface area contributed by atoms with E-state index in [1.807, 2.05) is 6.92 Å². The van der Waals surface area contributed by atoms with E-state index in [1.165, 1.54) is 0 Å². The van der Waals surface area contributed by atoms with Crippen molar-refractivity contribution in [2.24, 2.45) is 5.41 Å². The highest BCUT2D eigenvalue weighted by Gasteiger charge is 2.42. The molecule has 140 valence electrons. The lowest BCUT2D eigenvalue weighted by Crippen LogP contribution is -2.35. The van der Waals surface area contributed by atoms with Crippen LogP contribution in [0.1, 0.15) is 32.8 Å². The highest BCUT2D eigenvalue weighted by Crippen LogP contribution is 2.27. The van der Waals surface area contributed by atoms with Crippen molar-refractivity contribution in [3.8, 4) is 0 Å². The van der Waals surface area contributed by atoms with Crippen LogP contribution in [-0.2, 0) is 9.59 Å². The van der Waals surface area contributed by atoms with Gasteiger partial charge in [0, 0.05) is 23.2 Å². The van der Waals surface area contributed by atoms with Gasteiger partial charge in [-0.1, -0.05) is 26.8 Å². The van der Waals surface area contributed by atoms with Crippen LogP contribution in [-0.4, -0.2) is 30.3 Å². The van der Waals surface area contributed by atoms with E-state index in [1.54, 1.807) is 39.0 Å². The third-order valence-electron chi connectivity index (χ3n) is 3.86. The normalized spacial score (nSPS) is 19.0. The molecule has 1 fully saturated rings. The van der Waals surface area contributed by atoms with Crippen LogP contribution in [0.3, 0.4) is 0 Å². The molecule has 0 aromatic heterocycles. The number of carbonyl (C=O) groups is 2. The molecule has 25 heavy (non-hydrogen) atoms. The van der Waals surface area contributed by atoms with Gasteiger partial charge in [-0.25, -0.2) is 8.78 Å². The standard InChI is InChI=1S/C17H23F2N3O2.ClH/c1-10-5-6-11(7-12(10)22-15(24)16(2,3)4)21-14(23)13-8-17(18,19)9-20-13;/h5-7,13,20H,8-9H2,1-4H3,(H,21,23)(H,22,24);1H. The predicted molar refractivity (Wildman–Crippen MR) is 96.5 cm³/mol. The molecule has 2 rings (SSSR count). The average molecular weight is 376 g/mol. The number of benzene rings is 1. The summed E-state index contributed by atoms with van der Waals surface area (Å²) in [5.74, 6) is -3.52. The van der Waals surface area contributed by atoms with E-state index in [4.69, 9.17) is 0 Å². The molecular weight excluding hydrogens is 352 g/mol. The summed E-state index contributed by atoms with van der Waals surface area (Å²) in [7, 11) is 0. The minimum absolute atomic E-state index is 0. The van der Waals surface area contributed by atoms with E-state index in [-0.39, 0.29) is 18.3 Å². The van der Waals surface area contributed by atoms with E-state index >= 15 is 0 Å². The van der Waals surface area contributed by atoms with Crippen LogP contribution in [0.15, 0.2) is 18.2 Å². The topological polar surface area (TPSA) is 70.2 Å². The number of rotatable bonds is 3. The second kappa shape index (κ2) is 7.66. The second-order valence-corrected chi connectivity index (χ2v) is 7.22.